The average molecular weight is 256 g/mol. The van der Waals surface area contributed by atoms with Gasteiger partial charge >= 0.3 is 0 Å². The van der Waals surface area contributed by atoms with E-state index in [-0.39, 0.29) is 16.5 Å². The molecule has 0 bridgehead atoms. The van der Waals surface area contributed by atoms with E-state index in [0.29, 0.717) is 0 Å². The molecule has 0 saturated carbocycles. The molecular formula is C11H16N2OS2. The van der Waals surface area contributed by atoms with Gasteiger partial charge in [0.1, 0.15) is 5.37 Å². The Morgan fingerprint density at radius 1 is 1.56 bits per heavy atom. The minimum Gasteiger partial charge on any atom is -0.323 e. The summed E-state index contributed by atoms with van der Waals surface area (Å²) in [5.41, 5.74) is 0. The number of nitrogens with zero attached hydrogens (tertiary/aromatic N) is 1. The van der Waals surface area contributed by atoms with Crippen LogP contribution in [0.2, 0.25) is 0 Å². The van der Waals surface area contributed by atoms with Crippen LogP contribution in [0.25, 0.3) is 0 Å². The summed E-state index contributed by atoms with van der Waals surface area (Å²) in [6.45, 7) is 3.63. The van der Waals surface area contributed by atoms with Gasteiger partial charge in [-0.2, -0.15) is 0 Å². The van der Waals surface area contributed by atoms with Gasteiger partial charge in [-0.25, -0.2) is 0 Å². The topological polar surface area (TPSA) is 32.3 Å². The van der Waals surface area contributed by atoms with Gasteiger partial charge in [-0.1, -0.05) is 6.07 Å². The molecule has 1 aliphatic heterocycles. The molecule has 0 spiro atoms. The van der Waals surface area contributed by atoms with Gasteiger partial charge in [0.2, 0.25) is 5.91 Å². The summed E-state index contributed by atoms with van der Waals surface area (Å²) in [5, 5.41) is 5.47. The molecule has 1 amide bonds. The highest BCUT2D eigenvalue weighted by atomic mass is 32.2. The Hall–Kier alpha value is -0.520. The van der Waals surface area contributed by atoms with E-state index < -0.39 is 0 Å². The molecule has 0 aliphatic carbocycles. The summed E-state index contributed by atoms with van der Waals surface area (Å²) in [7, 11) is 1.91. The van der Waals surface area contributed by atoms with Crippen LogP contribution in [0.4, 0.5) is 0 Å². The van der Waals surface area contributed by atoms with Crippen LogP contribution < -0.4 is 5.32 Å². The van der Waals surface area contributed by atoms with Gasteiger partial charge < -0.3 is 10.2 Å². The summed E-state index contributed by atoms with van der Waals surface area (Å²) in [6, 6.07) is 4.16. The minimum atomic E-state index is 0.0870. The van der Waals surface area contributed by atoms with Crippen molar-refractivity contribution in [2.45, 2.75) is 17.5 Å². The average Bonchev–Trinajstić information content (AvgIpc) is 2.87. The third-order valence-corrected chi connectivity index (χ3v) is 5.09. The molecule has 1 N–H and O–H groups in total. The molecule has 0 radical (unpaired) electrons. The Morgan fingerprint density at radius 3 is 3.00 bits per heavy atom. The lowest BCUT2D eigenvalue weighted by Gasteiger charge is -2.22. The van der Waals surface area contributed by atoms with Crippen LogP contribution in [0.3, 0.4) is 0 Å². The monoisotopic (exact) mass is 256 g/mol. The van der Waals surface area contributed by atoms with Crippen molar-refractivity contribution in [1.82, 2.24) is 10.2 Å². The fourth-order valence-electron chi connectivity index (χ4n) is 1.79. The summed E-state index contributed by atoms with van der Waals surface area (Å²) >= 11 is 3.48. The number of amides is 1. The van der Waals surface area contributed by atoms with E-state index in [1.54, 1.807) is 23.1 Å². The molecule has 0 unspecified atom stereocenters. The lowest BCUT2D eigenvalue weighted by molar-refractivity contribution is -0.129. The van der Waals surface area contributed by atoms with Crippen LogP contribution >= 0.6 is 23.1 Å². The van der Waals surface area contributed by atoms with Gasteiger partial charge in [-0.05, 0) is 25.4 Å². The number of nitrogens with one attached hydrogen (secondary N) is 1. The summed E-state index contributed by atoms with van der Waals surface area (Å²) in [6.07, 6.45) is 0. The number of likely N-dealkylation sites (N-methyl/N-ethyl adjacent to an activating group) is 1. The number of thiophene rings is 1. The predicted molar refractivity (Wildman–Crippen MR) is 69.8 cm³/mol. The maximum atomic E-state index is 12.0. The number of hydrogen-bond acceptors (Lipinski definition) is 4. The van der Waals surface area contributed by atoms with E-state index in [9.17, 15) is 4.79 Å². The molecule has 2 rings (SSSR count). The third kappa shape index (κ3) is 2.26. The lowest BCUT2D eigenvalue weighted by Crippen LogP contribution is -2.35. The minimum absolute atomic E-state index is 0.0870. The molecule has 5 heteroatoms. The van der Waals surface area contributed by atoms with E-state index in [0.717, 1.165) is 13.1 Å². The highest BCUT2D eigenvalue weighted by Gasteiger charge is 2.38. The Labute approximate surface area is 104 Å². The zero-order valence-corrected chi connectivity index (χ0v) is 11.1. The molecule has 1 fully saturated rings. The Bertz CT molecular complexity index is 353. The first-order valence-electron chi connectivity index (χ1n) is 5.38. The third-order valence-electron chi connectivity index (χ3n) is 2.64. The van der Waals surface area contributed by atoms with Crippen LogP contribution in [0.1, 0.15) is 17.2 Å². The molecule has 2 heterocycles. The van der Waals surface area contributed by atoms with Crippen molar-refractivity contribution in [3.63, 3.8) is 0 Å². The van der Waals surface area contributed by atoms with Crippen LogP contribution in [0.15, 0.2) is 17.5 Å². The molecule has 3 nitrogen and oxygen atoms in total. The second-order valence-corrected chi connectivity index (χ2v) is 6.19. The van der Waals surface area contributed by atoms with Crippen LogP contribution in [0, 0.1) is 0 Å². The van der Waals surface area contributed by atoms with Crippen molar-refractivity contribution < 1.29 is 4.79 Å². The molecule has 0 aromatic carbocycles. The number of hydrogen-bond donors (Lipinski definition) is 1. The standard InChI is InChI=1S/C11H16N2OS2/c1-8-10(14)13(6-5-12-2)11(16-8)9-4-3-7-15-9/h3-4,7-8,11-12H,5-6H2,1-2H3/t8-,11-/m0/s1. The van der Waals surface area contributed by atoms with Crippen molar-refractivity contribution in [3.05, 3.63) is 22.4 Å². The Morgan fingerprint density at radius 2 is 2.38 bits per heavy atom. The van der Waals surface area contributed by atoms with E-state index >= 15 is 0 Å². The Kier molecular flexibility index (Phi) is 3.89. The first kappa shape index (κ1) is 12.0. The summed E-state index contributed by atoms with van der Waals surface area (Å²) in [5.74, 6) is 0.263. The van der Waals surface area contributed by atoms with Gasteiger partial charge in [-0.3, -0.25) is 4.79 Å². The van der Waals surface area contributed by atoms with E-state index in [1.165, 1.54) is 4.88 Å². The maximum Gasteiger partial charge on any atom is 0.236 e. The number of carbonyl (C=O) groups is 1. The maximum absolute atomic E-state index is 12.0. The fourth-order valence-corrected chi connectivity index (χ4v) is 4.04. The molecule has 1 aliphatic rings. The first-order chi connectivity index (χ1) is 7.74. The second-order valence-electron chi connectivity index (χ2n) is 3.78. The summed E-state index contributed by atoms with van der Waals surface area (Å²) < 4.78 is 0. The second kappa shape index (κ2) is 5.21. The predicted octanol–water partition coefficient (Wildman–Crippen LogP) is 1.93. The first-order valence-corrected chi connectivity index (χ1v) is 7.20. The number of thioether (sulfide) groups is 1. The zero-order valence-electron chi connectivity index (χ0n) is 9.47. The van der Waals surface area contributed by atoms with Gasteiger partial charge in [0, 0.05) is 18.0 Å². The smallest absolute Gasteiger partial charge is 0.236 e. The molecule has 1 saturated heterocycles. The fraction of sp³-hybridized carbons (Fsp3) is 0.545. The van der Waals surface area contributed by atoms with Crippen LogP contribution in [-0.2, 0) is 4.79 Å². The molecule has 16 heavy (non-hydrogen) atoms. The van der Waals surface area contributed by atoms with Crippen LogP contribution in [-0.4, -0.2) is 36.2 Å². The number of rotatable bonds is 4. The van der Waals surface area contributed by atoms with Gasteiger partial charge in [0.15, 0.2) is 0 Å². The van der Waals surface area contributed by atoms with Gasteiger partial charge in [0.25, 0.3) is 0 Å². The van der Waals surface area contributed by atoms with Gasteiger partial charge in [-0.15, -0.1) is 23.1 Å². The SMILES string of the molecule is CNCCN1C(=O)[C@H](C)S[C@H]1c1cccs1. The summed E-state index contributed by atoms with van der Waals surface area (Å²) in [4.78, 5) is 15.3. The van der Waals surface area contributed by atoms with E-state index in [1.807, 2.05) is 24.9 Å². The highest BCUT2D eigenvalue weighted by Crippen LogP contribution is 2.43. The van der Waals surface area contributed by atoms with Crippen molar-refractivity contribution in [2.75, 3.05) is 20.1 Å². The molecule has 1 aromatic heterocycles. The van der Waals surface area contributed by atoms with Crippen molar-refractivity contribution in [3.8, 4) is 0 Å². The number of carbonyl (C=O) groups excluding carboxylic acids is 1. The lowest BCUT2D eigenvalue weighted by atomic mass is 10.3. The molecule has 2 atom stereocenters. The van der Waals surface area contributed by atoms with Crippen molar-refractivity contribution >= 4 is 29.0 Å². The molecule has 88 valence electrons. The van der Waals surface area contributed by atoms with Crippen molar-refractivity contribution in [1.29, 1.82) is 0 Å². The molecule has 1 aromatic rings. The van der Waals surface area contributed by atoms with E-state index in [2.05, 4.69) is 16.8 Å². The van der Waals surface area contributed by atoms with E-state index in [4.69, 9.17) is 0 Å². The zero-order chi connectivity index (χ0) is 11.5. The largest absolute Gasteiger partial charge is 0.323 e. The van der Waals surface area contributed by atoms with Crippen molar-refractivity contribution in [2.24, 2.45) is 0 Å². The normalized spacial score (nSPS) is 25.4. The molecular weight excluding hydrogens is 240 g/mol. The quantitative estimate of drug-likeness (QED) is 0.893. The van der Waals surface area contributed by atoms with Crippen LogP contribution in [0.5, 0.6) is 0 Å². The highest BCUT2D eigenvalue weighted by molar-refractivity contribution is 8.01. The Balaban J connectivity index is 2.13. The van der Waals surface area contributed by atoms with Gasteiger partial charge in [0.05, 0.1) is 5.25 Å².